The highest BCUT2D eigenvalue weighted by Gasteiger charge is 2.46. The van der Waals surface area contributed by atoms with E-state index >= 15 is 0 Å². The molecule has 0 spiro atoms. The summed E-state index contributed by atoms with van der Waals surface area (Å²) in [5.41, 5.74) is -1.30. The van der Waals surface area contributed by atoms with Crippen LogP contribution in [-0.2, 0) is 26.4 Å². The van der Waals surface area contributed by atoms with E-state index in [1.54, 1.807) is 19.9 Å². The molecular formula is C19H23F3N2O4S. The molecule has 2 atom stereocenters. The van der Waals surface area contributed by atoms with E-state index in [0.29, 0.717) is 17.5 Å². The Kier molecular flexibility index (Phi) is 5.34. The Morgan fingerprint density at radius 1 is 1.28 bits per heavy atom. The molecule has 2 unspecified atom stereocenters. The summed E-state index contributed by atoms with van der Waals surface area (Å²) in [6, 6.07) is 5.40. The van der Waals surface area contributed by atoms with Gasteiger partial charge in [-0.05, 0) is 57.9 Å². The van der Waals surface area contributed by atoms with E-state index < -0.39 is 38.0 Å². The van der Waals surface area contributed by atoms with E-state index in [1.165, 1.54) is 13.0 Å². The molecule has 160 valence electrons. The third kappa shape index (κ3) is 4.19. The van der Waals surface area contributed by atoms with Crippen molar-refractivity contribution in [2.24, 2.45) is 0 Å². The summed E-state index contributed by atoms with van der Waals surface area (Å²) >= 11 is 0. The molecule has 0 saturated carbocycles. The van der Waals surface area contributed by atoms with Crippen molar-refractivity contribution in [1.82, 2.24) is 10.2 Å². The Morgan fingerprint density at radius 3 is 2.55 bits per heavy atom. The smallest absolute Gasteiger partial charge is 0.384 e. The van der Waals surface area contributed by atoms with Gasteiger partial charge in [-0.2, -0.15) is 18.3 Å². The van der Waals surface area contributed by atoms with Gasteiger partial charge in [0.25, 0.3) is 0 Å². The zero-order valence-corrected chi connectivity index (χ0v) is 17.1. The molecular weight excluding hydrogens is 409 g/mol. The number of hydrogen-bond acceptors (Lipinski definition) is 5. The number of benzene rings is 1. The topological polar surface area (TPSA) is 92.3 Å². The van der Waals surface area contributed by atoms with Crippen LogP contribution in [0.1, 0.15) is 56.7 Å². The zero-order valence-electron chi connectivity index (χ0n) is 16.2. The summed E-state index contributed by atoms with van der Waals surface area (Å²) in [5.74, 6) is 0. The monoisotopic (exact) mass is 432 g/mol. The van der Waals surface area contributed by atoms with Gasteiger partial charge < -0.3 is 9.84 Å². The number of halogens is 3. The standard InChI is InChI=1S/C19H23F3N2O4S/c1-17(2,25)16-10-14(23-24-16)15-11-18(3,7-8-28-15)29(26,27)13-6-4-5-12(9-13)19(20,21)22/h4-6,9-10,15,25H,7-8,11H2,1-3H3,(H,23,24). The Morgan fingerprint density at radius 2 is 1.97 bits per heavy atom. The lowest BCUT2D eigenvalue weighted by Crippen LogP contribution is -2.42. The molecule has 6 nitrogen and oxygen atoms in total. The van der Waals surface area contributed by atoms with Crippen LogP contribution in [0.25, 0.3) is 0 Å². The zero-order chi connectivity index (χ0) is 21.7. The quantitative estimate of drug-likeness (QED) is 0.768. The van der Waals surface area contributed by atoms with Gasteiger partial charge in [-0.25, -0.2) is 8.42 Å². The number of alkyl halides is 3. The fourth-order valence-electron chi connectivity index (χ4n) is 3.35. The van der Waals surface area contributed by atoms with Gasteiger partial charge in [0, 0.05) is 6.61 Å². The SMILES string of the molecule is CC(C)(O)c1cc(C2CC(C)(S(=O)(=O)c3cccc(C(F)(F)F)c3)CCO2)[nH]n1. The summed E-state index contributed by atoms with van der Waals surface area (Å²) < 4.78 is 69.9. The predicted octanol–water partition coefficient (Wildman–Crippen LogP) is 3.74. The van der Waals surface area contributed by atoms with Gasteiger partial charge in [-0.15, -0.1) is 0 Å². The molecule has 2 aromatic rings. The number of aliphatic hydroxyl groups is 1. The molecule has 0 amide bonds. The number of nitrogens with one attached hydrogen (secondary N) is 1. The van der Waals surface area contributed by atoms with Crippen LogP contribution in [0.2, 0.25) is 0 Å². The fraction of sp³-hybridized carbons (Fsp3) is 0.526. The van der Waals surface area contributed by atoms with Gasteiger partial charge in [0.1, 0.15) is 11.7 Å². The molecule has 0 bridgehead atoms. The van der Waals surface area contributed by atoms with E-state index in [1.807, 2.05) is 0 Å². The average molecular weight is 432 g/mol. The maximum atomic E-state index is 13.2. The van der Waals surface area contributed by atoms with Crippen LogP contribution in [0.5, 0.6) is 0 Å². The van der Waals surface area contributed by atoms with Gasteiger partial charge in [-0.3, -0.25) is 5.10 Å². The molecule has 2 N–H and O–H groups in total. The number of ether oxygens (including phenoxy) is 1. The third-order valence-electron chi connectivity index (χ3n) is 5.26. The lowest BCUT2D eigenvalue weighted by atomic mass is 9.94. The summed E-state index contributed by atoms with van der Waals surface area (Å²) in [4.78, 5) is -0.364. The molecule has 1 aliphatic rings. The van der Waals surface area contributed by atoms with Crippen molar-refractivity contribution in [2.45, 2.75) is 61.1 Å². The number of H-pyrrole nitrogens is 1. The van der Waals surface area contributed by atoms with Crippen molar-refractivity contribution in [1.29, 1.82) is 0 Å². The second-order valence-corrected chi connectivity index (χ2v) is 10.5. The van der Waals surface area contributed by atoms with E-state index in [9.17, 15) is 26.7 Å². The average Bonchev–Trinajstić information content (AvgIpc) is 3.12. The number of aromatic amines is 1. The number of nitrogens with zero attached hydrogens (tertiary/aromatic N) is 1. The van der Waals surface area contributed by atoms with E-state index in [0.717, 1.165) is 12.1 Å². The molecule has 1 aliphatic heterocycles. The van der Waals surface area contributed by atoms with E-state index in [4.69, 9.17) is 4.74 Å². The van der Waals surface area contributed by atoms with Crippen molar-refractivity contribution in [2.75, 3.05) is 6.61 Å². The lowest BCUT2D eigenvalue weighted by molar-refractivity contribution is -0.137. The Bertz CT molecular complexity index is 995. The highest BCUT2D eigenvalue weighted by Crippen LogP contribution is 2.42. The van der Waals surface area contributed by atoms with Crippen LogP contribution in [0, 0.1) is 0 Å². The maximum Gasteiger partial charge on any atom is 0.416 e. The Hall–Kier alpha value is -1.91. The van der Waals surface area contributed by atoms with E-state index in [-0.39, 0.29) is 24.3 Å². The molecule has 1 aromatic heterocycles. The first-order valence-electron chi connectivity index (χ1n) is 9.06. The molecule has 1 fully saturated rings. The molecule has 3 rings (SSSR count). The van der Waals surface area contributed by atoms with Gasteiger partial charge >= 0.3 is 6.18 Å². The number of aromatic nitrogens is 2. The number of sulfone groups is 1. The van der Waals surface area contributed by atoms with Gasteiger partial charge in [0.05, 0.1) is 26.6 Å². The van der Waals surface area contributed by atoms with Crippen LogP contribution >= 0.6 is 0 Å². The summed E-state index contributed by atoms with van der Waals surface area (Å²) in [7, 11) is -4.07. The predicted molar refractivity (Wildman–Crippen MR) is 98.8 cm³/mol. The molecule has 0 radical (unpaired) electrons. The molecule has 10 heteroatoms. The largest absolute Gasteiger partial charge is 0.416 e. The van der Waals surface area contributed by atoms with Gasteiger partial charge in [-0.1, -0.05) is 6.07 Å². The Balaban J connectivity index is 1.92. The van der Waals surface area contributed by atoms with Crippen LogP contribution in [0.3, 0.4) is 0 Å². The first kappa shape index (κ1) is 21.8. The molecule has 2 heterocycles. The van der Waals surface area contributed by atoms with Crippen LogP contribution in [0.15, 0.2) is 35.2 Å². The molecule has 0 aliphatic carbocycles. The highest BCUT2D eigenvalue weighted by molar-refractivity contribution is 7.92. The lowest BCUT2D eigenvalue weighted by Gasteiger charge is -2.37. The molecule has 1 aromatic carbocycles. The molecule has 29 heavy (non-hydrogen) atoms. The van der Waals surface area contributed by atoms with Crippen molar-refractivity contribution in [3.8, 4) is 0 Å². The maximum absolute atomic E-state index is 13.2. The van der Waals surface area contributed by atoms with Gasteiger partial charge in [0.15, 0.2) is 9.84 Å². The van der Waals surface area contributed by atoms with Crippen LogP contribution < -0.4 is 0 Å². The second kappa shape index (κ2) is 7.10. The Labute approximate surface area is 167 Å². The highest BCUT2D eigenvalue weighted by atomic mass is 32.2. The van der Waals surface area contributed by atoms with Crippen molar-refractivity contribution in [3.63, 3.8) is 0 Å². The van der Waals surface area contributed by atoms with Gasteiger partial charge in [0.2, 0.25) is 0 Å². The first-order valence-corrected chi connectivity index (χ1v) is 10.5. The third-order valence-corrected chi connectivity index (χ3v) is 7.80. The number of rotatable bonds is 4. The second-order valence-electron chi connectivity index (χ2n) is 8.06. The normalized spacial score (nSPS) is 23.9. The fourth-order valence-corrected chi connectivity index (χ4v) is 5.18. The summed E-state index contributed by atoms with van der Waals surface area (Å²) in [5, 5.41) is 16.9. The van der Waals surface area contributed by atoms with Crippen LogP contribution in [0.4, 0.5) is 13.2 Å². The summed E-state index contributed by atoms with van der Waals surface area (Å²) in [6.07, 6.45) is -5.08. The van der Waals surface area contributed by atoms with Crippen molar-refractivity contribution >= 4 is 9.84 Å². The molecule has 1 saturated heterocycles. The van der Waals surface area contributed by atoms with Crippen LogP contribution in [-0.4, -0.2) is 35.1 Å². The van der Waals surface area contributed by atoms with Crippen molar-refractivity contribution < 1.29 is 31.4 Å². The minimum Gasteiger partial charge on any atom is -0.384 e. The minimum atomic E-state index is -4.63. The van der Waals surface area contributed by atoms with E-state index in [2.05, 4.69) is 10.2 Å². The summed E-state index contributed by atoms with van der Waals surface area (Å²) in [6.45, 7) is 4.77. The first-order chi connectivity index (χ1) is 13.2. The minimum absolute atomic E-state index is 0.0407. The van der Waals surface area contributed by atoms with Crippen molar-refractivity contribution in [3.05, 3.63) is 47.3 Å². The number of hydrogen-bond donors (Lipinski definition) is 2.